The summed E-state index contributed by atoms with van der Waals surface area (Å²) in [5.74, 6) is -8.58. The smallest absolute Gasteiger partial charge is 0.258 e. The van der Waals surface area contributed by atoms with Crippen LogP contribution in [-0.4, -0.2) is 32.2 Å². The fourth-order valence-electron chi connectivity index (χ4n) is 2.65. The van der Waals surface area contributed by atoms with Crippen molar-refractivity contribution in [3.05, 3.63) is 58.1 Å². The van der Waals surface area contributed by atoms with E-state index >= 15 is 0 Å². The van der Waals surface area contributed by atoms with Crippen LogP contribution in [0, 0.1) is 23.3 Å². The Bertz CT molecular complexity index is 857. The van der Waals surface area contributed by atoms with Crippen LogP contribution in [-0.2, 0) is 4.74 Å². The van der Waals surface area contributed by atoms with Gasteiger partial charge in [-0.15, -0.1) is 0 Å². The number of nitrogens with one attached hydrogen (secondary N) is 1. The lowest BCUT2D eigenvalue weighted by Gasteiger charge is -2.31. The van der Waals surface area contributed by atoms with Crippen molar-refractivity contribution in [2.24, 2.45) is 0 Å². The van der Waals surface area contributed by atoms with Crippen molar-refractivity contribution in [1.29, 1.82) is 0 Å². The van der Waals surface area contributed by atoms with E-state index in [9.17, 15) is 22.4 Å². The molecule has 1 fully saturated rings. The SMILES string of the molecule is O=C(Nc1cccc(Cl)c1N1CCOCC1)c1cc(F)c(F)c(F)c1F. The van der Waals surface area contributed by atoms with Crippen molar-refractivity contribution in [2.75, 3.05) is 36.5 Å². The Morgan fingerprint density at radius 3 is 2.46 bits per heavy atom. The molecule has 0 bridgehead atoms. The summed E-state index contributed by atoms with van der Waals surface area (Å²) in [4.78, 5) is 14.2. The third kappa shape index (κ3) is 3.47. The maximum absolute atomic E-state index is 13.8. The zero-order chi connectivity index (χ0) is 18.8. The largest absolute Gasteiger partial charge is 0.378 e. The third-order valence-electron chi connectivity index (χ3n) is 3.91. The predicted molar refractivity (Wildman–Crippen MR) is 88.7 cm³/mol. The minimum Gasteiger partial charge on any atom is -0.378 e. The van der Waals surface area contributed by atoms with Crippen LogP contribution in [0.5, 0.6) is 0 Å². The standard InChI is InChI=1S/C17H13ClF4N2O2/c18-10-2-1-3-12(16(10)24-4-6-26-7-5-24)23-17(25)9-8-11(19)14(21)15(22)13(9)20/h1-3,8H,4-7H2,(H,23,25). The summed E-state index contributed by atoms with van der Waals surface area (Å²) in [6.07, 6.45) is 0. The molecule has 0 aliphatic carbocycles. The molecule has 26 heavy (non-hydrogen) atoms. The van der Waals surface area contributed by atoms with Gasteiger partial charge in [0.2, 0.25) is 0 Å². The van der Waals surface area contributed by atoms with Crippen molar-refractivity contribution in [2.45, 2.75) is 0 Å². The van der Waals surface area contributed by atoms with Gasteiger partial charge in [0.1, 0.15) is 0 Å². The van der Waals surface area contributed by atoms with E-state index in [2.05, 4.69) is 5.32 Å². The Morgan fingerprint density at radius 1 is 1.08 bits per heavy atom. The van der Waals surface area contributed by atoms with Gasteiger partial charge in [-0.05, 0) is 18.2 Å². The highest BCUT2D eigenvalue weighted by atomic mass is 35.5. The van der Waals surface area contributed by atoms with E-state index in [-0.39, 0.29) is 5.69 Å². The Kier molecular flexibility index (Phi) is 5.33. The number of hydrogen-bond donors (Lipinski definition) is 1. The highest BCUT2D eigenvalue weighted by Gasteiger charge is 2.25. The number of hydrogen-bond acceptors (Lipinski definition) is 3. The molecule has 0 unspecified atom stereocenters. The molecule has 0 spiro atoms. The molecule has 3 rings (SSSR count). The average molecular weight is 389 g/mol. The minimum atomic E-state index is -2.05. The maximum atomic E-state index is 13.8. The molecular weight excluding hydrogens is 376 g/mol. The van der Waals surface area contributed by atoms with Crippen LogP contribution >= 0.6 is 11.6 Å². The summed E-state index contributed by atoms with van der Waals surface area (Å²) >= 11 is 6.22. The summed E-state index contributed by atoms with van der Waals surface area (Å²) in [7, 11) is 0. The Labute approximate surface area is 151 Å². The van der Waals surface area contributed by atoms with Gasteiger partial charge in [-0.2, -0.15) is 0 Å². The molecule has 9 heteroatoms. The number of anilines is 2. The molecule has 1 N–H and O–H groups in total. The average Bonchev–Trinajstić information content (AvgIpc) is 2.63. The second kappa shape index (κ2) is 7.51. The van der Waals surface area contributed by atoms with Gasteiger partial charge in [-0.3, -0.25) is 4.79 Å². The molecule has 0 atom stereocenters. The topological polar surface area (TPSA) is 41.6 Å². The maximum Gasteiger partial charge on any atom is 0.258 e. The summed E-state index contributed by atoms with van der Waals surface area (Å²) in [5, 5.41) is 2.71. The lowest BCUT2D eigenvalue weighted by molar-refractivity contribution is 0.102. The number of morpholine rings is 1. The monoisotopic (exact) mass is 388 g/mol. The van der Waals surface area contributed by atoms with E-state index in [1.807, 2.05) is 4.90 Å². The van der Waals surface area contributed by atoms with E-state index in [1.54, 1.807) is 12.1 Å². The van der Waals surface area contributed by atoms with Crippen molar-refractivity contribution < 1.29 is 27.1 Å². The van der Waals surface area contributed by atoms with Crippen LogP contribution in [0.3, 0.4) is 0 Å². The second-order valence-electron chi connectivity index (χ2n) is 5.54. The van der Waals surface area contributed by atoms with Crippen LogP contribution in [0.4, 0.5) is 28.9 Å². The van der Waals surface area contributed by atoms with Crippen molar-refractivity contribution in [3.8, 4) is 0 Å². The number of halogens is 5. The molecule has 1 aliphatic rings. The van der Waals surface area contributed by atoms with Crippen molar-refractivity contribution >= 4 is 28.9 Å². The molecule has 4 nitrogen and oxygen atoms in total. The molecular formula is C17H13ClF4N2O2. The number of nitrogens with zero attached hydrogens (tertiary/aromatic N) is 1. The number of para-hydroxylation sites is 1. The van der Waals surface area contributed by atoms with E-state index < -0.39 is 34.7 Å². The fourth-order valence-corrected chi connectivity index (χ4v) is 2.95. The molecule has 2 aromatic carbocycles. The Hall–Kier alpha value is -2.32. The second-order valence-corrected chi connectivity index (χ2v) is 5.94. The van der Waals surface area contributed by atoms with Crippen LogP contribution < -0.4 is 10.2 Å². The number of amides is 1. The number of benzene rings is 2. The summed E-state index contributed by atoms with van der Waals surface area (Å²) in [6.45, 7) is 1.95. The van der Waals surface area contributed by atoms with E-state index in [4.69, 9.17) is 16.3 Å². The fraction of sp³-hybridized carbons (Fsp3) is 0.235. The lowest BCUT2D eigenvalue weighted by atomic mass is 10.1. The van der Waals surface area contributed by atoms with Crippen LogP contribution in [0.1, 0.15) is 10.4 Å². The van der Waals surface area contributed by atoms with E-state index in [0.717, 1.165) is 0 Å². The van der Waals surface area contributed by atoms with E-state index in [0.29, 0.717) is 43.1 Å². The van der Waals surface area contributed by atoms with Gasteiger partial charge in [0.15, 0.2) is 23.3 Å². The first-order chi connectivity index (χ1) is 12.4. The first-order valence-corrected chi connectivity index (χ1v) is 8.03. The lowest BCUT2D eigenvalue weighted by Crippen LogP contribution is -2.37. The predicted octanol–water partition coefficient (Wildman–Crippen LogP) is 3.99. The number of carbonyl (C=O) groups is 1. The zero-order valence-corrected chi connectivity index (χ0v) is 14.0. The van der Waals surface area contributed by atoms with Gasteiger partial charge < -0.3 is 15.0 Å². The first kappa shape index (κ1) is 18.5. The van der Waals surface area contributed by atoms with Gasteiger partial charge in [-0.25, -0.2) is 17.6 Å². The Morgan fingerprint density at radius 2 is 1.77 bits per heavy atom. The van der Waals surface area contributed by atoms with Gasteiger partial charge in [0, 0.05) is 13.1 Å². The molecule has 0 saturated carbocycles. The number of rotatable bonds is 3. The van der Waals surface area contributed by atoms with Gasteiger partial charge in [0.25, 0.3) is 5.91 Å². The van der Waals surface area contributed by atoms with Crippen molar-refractivity contribution in [3.63, 3.8) is 0 Å². The van der Waals surface area contributed by atoms with Gasteiger partial charge >= 0.3 is 0 Å². The molecule has 0 aromatic heterocycles. The van der Waals surface area contributed by atoms with Crippen molar-refractivity contribution in [1.82, 2.24) is 0 Å². The van der Waals surface area contributed by atoms with Gasteiger partial charge in [-0.1, -0.05) is 17.7 Å². The number of carbonyl (C=O) groups excluding carboxylic acids is 1. The summed E-state index contributed by atoms with van der Waals surface area (Å²) < 4.78 is 58.9. The van der Waals surface area contributed by atoms with Crippen LogP contribution in [0.2, 0.25) is 5.02 Å². The number of ether oxygens (including phenoxy) is 1. The molecule has 1 saturated heterocycles. The zero-order valence-electron chi connectivity index (χ0n) is 13.3. The summed E-state index contributed by atoms with van der Waals surface area (Å²) in [6, 6.07) is 4.99. The molecule has 0 radical (unpaired) electrons. The quantitative estimate of drug-likeness (QED) is 0.491. The summed E-state index contributed by atoms with van der Waals surface area (Å²) in [5.41, 5.74) is -0.238. The third-order valence-corrected chi connectivity index (χ3v) is 4.21. The molecule has 1 heterocycles. The minimum absolute atomic E-state index is 0.231. The normalized spacial score (nSPS) is 14.4. The molecule has 138 valence electrons. The highest BCUT2D eigenvalue weighted by molar-refractivity contribution is 6.34. The molecule has 2 aromatic rings. The molecule has 1 amide bonds. The Balaban J connectivity index is 1.95. The van der Waals surface area contributed by atoms with Crippen LogP contribution in [0.25, 0.3) is 0 Å². The van der Waals surface area contributed by atoms with Crippen LogP contribution in [0.15, 0.2) is 24.3 Å². The van der Waals surface area contributed by atoms with Gasteiger partial charge in [0.05, 0.1) is 35.2 Å². The van der Waals surface area contributed by atoms with E-state index in [1.165, 1.54) is 6.07 Å². The first-order valence-electron chi connectivity index (χ1n) is 7.65. The molecule has 1 aliphatic heterocycles. The highest BCUT2D eigenvalue weighted by Crippen LogP contribution is 2.35.